The summed E-state index contributed by atoms with van der Waals surface area (Å²) >= 11 is 0. The molecule has 1 aliphatic heterocycles. The van der Waals surface area contributed by atoms with E-state index in [1.165, 1.54) is 4.68 Å². The molecule has 0 amide bonds. The average molecular weight is 362 g/mol. The summed E-state index contributed by atoms with van der Waals surface area (Å²) in [6.07, 6.45) is -3.68. The number of rotatable bonds is 1. The van der Waals surface area contributed by atoms with Gasteiger partial charge in [-0.1, -0.05) is 31.2 Å². The van der Waals surface area contributed by atoms with Crippen LogP contribution in [0, 0.1) is 12.8 Å². The molecule has 26 heavy (non-hydrogen) atoms. The molecular weight excluding hydrogens is 345 g/mol. The van der Waals surface area contributed by atoms with E-state index in [2.05, 4.69) is 15.4 Å². The lowest BCUT2D eigenvalue weighted by atomic mass is 9.80. The number of fused-ring (bicyclic) bond motifs is 1. The highest BCUT2D eigenvalue weighted by Gasteiger charge is 2.43. The largest absolute Gasteiger partial charge is 0.453 e. The van der Waals surface area contributed by atoms with Crippen LogP contribution in [0.2, 0.25) is 0 Å². The van der Waals surface area contributed by atoms with Crippen molar-refractivity contribution in [2.75, 3.05) is 5.32 Å². The number of hydrogen-bond acceptors (Lipinski definition) is 4. The Bertz CT molecular complexity index is 929. The molecule has 0 unspecified atom stereocenters. The second-order valence-electron chi connectivity index (χ2n) is 6.91. The van der Waals surface area contributed by atoms with E-state index >= 15 is 0 Å². The molecule has 1 N–H and O–H groups in total. The lowest BCUT2D eigenvalue weighted by molar-refractivity contribution is -0.145. The third kappa shape index (κ3) is 2.60. The first kappa shape index (κ1) is 16.8. The maximum absolute atomic E-state index is 13.1. The number of hydrogen-bond donors (Lipinski definition) is 1. The predicted molar refractivity (Wildman–Crippen MR) is 88.4 cm³/mol. The number of aromatic nitrogens is 3. The Hall–Kier alpha value is -2.64. The number of nitrogens with zero attached hydrogens (tertiary/aromatic N) is 3. The molecule has 0 radical (unpaired) electrons. The van der Waals surface area contributed by atoms with Crippen LogP contribution < -0.4 is 5.32 Å². The maximum atomic E-state index is 13.1. The number of benzene rings is 1. The molecule has 4 rings (SSSR count). The summed E-state index contributed by atoms with van der Waals surface area (Å²) in [4.78, 5) is 16.4. The molecule has 0 saturated heterocycles. The molecule has 2 aliphatic rings. The highest BCUT2D eigenvalue weighted by atomic mass is 19.4. The molecule has 5 nitrogen and oxygen atoms in total. The summed E-state index contributed by atoms with van der Waals surface area (Å²) in [5.74, 6) is -1.12. The number of aryl methyl sites for hydroxylation is 1. The zero-order chi connectivity index (χ0) is 18.6. The third-order valence-electron chi connectivity index (χ3n) is 4.86. The van der Waals surface area contributed by atoms with Crippen molar-refractivity contribution in [3.05, 3.63) is 52.5 Å². The van der Waals surface area contributed by atoms with E-state index in [0.29, 0.717) is 24.1 Å². The Kier molecular flexibility index (Phi) is 3.68. The third-order valence-corrected chi connectivity index (χ3v) is 4.86. The minimum Gasteiger partial charge on any atom is -0.328 e. The number of nitrogens with one attached hydrogen (secondary N) is 1. The summed E-state index contributed by atoms with van der Waals surface area (Å²) in [5.41, 5.74) is 2.77. The van der Waals surface area contributed by atoms with Crippen LogP contribution in [0.15, 0.2) is 35.5 Å². The van der Waals surface area contributed by atoms with Gasteiger partial charge >= 0.3 is 6.18 Å². The van der Waals surface area contributed by atoms with Gasteiger partial charge in [-0.25, -0.2) is 4.68 Å². The first-order chi connectivity index (χ1) is 12.3. The standard InChI is InChI=1S/C18H17F3N4O/c1-9-7-12-14(13(26)8-9)15(11-6-4-3-5-10(11)2)25-17(22-12)23-16(24-25)18(19,20)21/h3-6,9,15H,7-8H2,1-2H3,(H,22,23,24)/t9-,15-/m0/s1. The molecule has 0 spiro atoms. The Labute approximate surface area is 147 Å². The van der Waals surface area contributed by atoms with Gasteiger partial charge in [0, 0.05) is 17.7 Å². The topological polar surface area (TPSA) is 59.8 Å². The van der Waals surface area contributed by atoms with E-state index in [1.54, 1.807) is 0 Å². The molecular formula is C18H17F3N4O. The van der Waals surface area contributed by atoms with E-state index in [1.807, 2.05) is 38.1 Å². The molecule has 136 valence electrons. The Morgan fingerprint density at radius 2 is 1.96 bits per heavy atom. The van der Waals surface area contributed by atoms with E-state index in [9.17, 15) is 18.0 Å². The van der Waals surface area contributed by atoms with Gasteiger partial charge in [0.05, 0.1) is 0 Å². The minimum atomic E-state index is -4.65. The first-order valence-electron chi connectivity index (χ1n) is 8.38. The van der Waals surface area contributed by atoms with E-state index < -0.39 is 18.0 Å². The van der Waals surface area contributed by atoms with Gasteiger partial charge in [0.2, 0.25) is 5.95 Å². The van der Waals surface area contributed by atoms with Gasteiger partial charge in [0.1, 0.15) is 6.04 Å². The summed E-state index contributed by atoms with van der Waals surface area (Å²) in [5, 5.41) is 6.62. The number of halogens is 3. The smallest absolute Gasteiger partial charge is 0.328 e. The number of Topliss-reactive ketones (excluding diaryl/α,β-unsaturated/α-hetero) is 1. The number of carbonyl (C=O) groups excluding carboxylic acids is 1. The lowest BCUT2D eigenvalue weighted by Crippen LogP contribution is -2.33. The molecule has 0 saturated carbocycles. The minimum absolute atomic E-state index is 0.0197. The van der Waals surface area contributed by atoms with Gasteiger partial charge in [0.25, 0.3) is 5.82 Å². The van der Waals surface area contributed by atoms with Crippen LogP contribution in [-0.2, 0) is 11.0 Å². The highest BCUT2D eigenvalue weighted by Crippen LogP contribution is 2.43. The lowest BCUT2D eigenvalue weighted by Gasteiger charge is -2.34. The highest BCUT2D eigenvalue weighted by molar-refractivity contribution is 5.99. The molecule has 2 aromatic rings. The van der Waals surface area contributed by atoms with Crippen LogP contribution in [-0.4, -0.2) is 20.5 Å². The summed E-state index contributed by atoms with van der Waals surface area (Å²) in [7, 11) is 0. The van der Waals surface area contributed by atoms with Crippen LogP contribution in [0.25, 0.3) is 0 Å². The molecule has 0 bridgehead atoms. The van der Waals surface area contributed by atoms with Crippen molar-refractivity contribution in [2.45, 2.75) is 38.9 Å². The number of ketones is 1. The van der Waals surface area contributed by atoms with Gasteiger partial charge in [0.15, 0.2) is 5.78 Å². The van der Waals surface area contributed by atoms with Crippen LogP contribution >= 0.6 is 0 Å². The fourth-order valence-corrected chi connectivity index (χ4v) is 3.71. The molecule has 2 heterocycles. The quantitative estimate of drug-likeness (QED) is 0.837. The fourth-order valence-electron chi connectivity index (χ4n) is 3.71. The zero-order valence-corrected chi connectivity index (χ0v) is 14.3. The summed E-state index contributed by atoms with van der Waals surface area (Å²) in [6.45, 7) is 3.82. The second-order valence-corrected chi connectivity index (χ2v) is 6.91. The zero-order valence-electron chi connectivity index (χ0n) is 14.3. The second kappa shape index (κ2) is 5.69. The average Bonchev–Trinajstić information content (AvgIpc) is 2.97. The number of anilines is 1. The fraction of sp³-hybridized carbons (Fsp3) is 0.389. The van der Waals surface area contributed by atoms with Crippen molar-refractivity contribution in [1.29, 1.82) is 0 Å². The maximum Gasteiger partial charge on any atom is 0.453 e. The van der Waals surface area contributed by atoms with E-state index in [-0.39, 0.29) is 17.6 Å². The van der Waals surface area contributed by atoms with Gasteiger partial charge in [-0.15, -0.1) is 5.10 Å². The van der Waals surface area contributed by atoms with Crippen LogP contribution in [0.1, 0.15) is 42.8 Å². The van der Waals surface area contributed by atoms with Crippen LogP contribution in [0.3, 0.4) is 0 Å². The number of alkyl halides is 3. The van der Waals surface area contributed by atoms with Gasteiger partial charge in [-0.05, 0) is 30.4 Å². The molecule has 1 aliphatic carbocycles. The first-order valence-corrected chi connectivity index (χ1v) is 8.38. The van der Waals surface area contributed by atoms with Gasteiger partial charge < -0.3 is 5.32 Å². The van der Waals surface area contributed by atoms with Crippen molar-refractivity contribution < 1.29 is 18.0 Å². The van der Waals surface area contributed by atoms with Crippen molar-refractivity contribution in [3.63, 3.8) is 0 Å². The normalized spacial score (nSPS) is 22.7. The van der Waals surface area contributed by atoms with Crippen molar-refractivity contribution in [2.24, 2.45) is 5.92 Å². The molecule has 0 fully saturated rings. The summed E-state index contributed by atoms with van der Waals surface area (Å²) < 4.78 is 40.6. The summed E-state index contributed by atoms with van der Waals surface area (Å²) in [6, 6.07) is 6.64. The van der Waals surface area contributed by atoms with Gasteiger partial charge in [-0.2, -0.15) is 18.2 Å². The molecule has 1 aromatic carbocycles. The predicted octanol–water partition coefficient (Wildman–Crippen LogP) is 3.87. The van der Waals surface area contributed by atoms with Gasteiger partial charge in [-0.3, -0.25) is 4.79 Å². The van der Waals surface area contributed by atoms with E-state index in [0.717, 1.165) is 11.1 Å². The van der Waals surface area contributed by atoms with Crippen molar-refractivity contribution in [1.82, 2.24) is 14.8 Å². The van der Waals surface area contributed by atoms with Crippen molar-refractivity contribution >= 4 is 11.7 Å². The Balaban J connectivity index is 1.94. The number of allylic oxidation sites excluding steroid dienone is 2. The molecule has 1 aromatic heterocycles. The number of carbonyl (C=O) groups is 1. The van der Waals surface area contributed by atoms with Crippen LogP contribution in [0.5, 0.6) is 0 Å². The Morgan fingerprint density at radius 3 is 2.65 bits per heavy atom. The molecule has 8 heteroatoms. The van der Waals surface area contributed by atoms with Crippen LogP contribution in [0.4, 0.5) is 19.1 Å². The van der Waals surface area contributed by atoms with Crippen molar-refractivity contribution in [3.8, 4) is 0 Å². The molecule has 2 atom stereocenters. The Morgan fingerprint density at radius 1 is 1.23 bits per heavy atom. The SMILES string of the molecule is Cc1ccccc1[C@H]1C2=C(C[C@H](C)CC2=O)Nc2nc(C(F)(F)F)nn21. The monoisotopic (exact) mass is 362 g/mol. The van der Waals surface area contributed by atoms with E-state index in [4.69, 9.17) is 0 Å².